The van der Waals surface area contributed by atoms with Gasteiger partial charge < -0.3 is 0 Å². The zero-order valence-electron chi connectivity index (χ0n) is 5.53. The van der Waals surface area contributed by atoms with E-state index in [0.29, 0.717) is 0 Å². The Morgan fingerprint density at radius 2 is 2.40 bits per heavy atom. The van der Waals surface area contributed by atoms with Crippen molar-refractivity contribution in [2.24, 2.45) is 0 Å². The number of aromatic nitrogens is 2. The smallest absolute Gasteiger partial charge is 0.104 e. The van der Waals surface area contributed by atoms with E-state index in [9.17, 15) is 0 Å². The van der Waals surface area contributed by atoms with Crippen LogP contribution in [0.25, 0.3) is 11.0 Å². The SMILES string of the molecule is Cc1snc2cccnc12. The molecule has 0 unspecified atom stereocenters. The van der Waals surface area contributed by atoms with Crippen molar-refractivity contribution in [2.75, 3.05) is 0 Å². The fourth-order valence-electron chi connectivity index (χ4n) is 0.903. The first-order valence-corrected chi connectivity index (χ1v) is 3.82. The van der Waals surface area contributed by atoms with Gasteiger partial charge in [-0.15, -0.1) is 0 Å². The van der Waals surface area contributed by atoms with Gasteiger partial charge in [0.05, 0.1) is 0 Å². The van der Waals surface area contributed by atoms with Crippen LogP contribution in [0.4, 0.5) is 0 Å². The van der Waals surface area contributed by atoms with Gasteiger partial charge in [0, 0.05) is 11.1 Å². The Balaban J connectivity index is 2.93. The van der Waals surface area contributed by atoms with Crippen molar-refractivity contribution in [3.8, 4) is 0 Å². The first kappa shape index (κ1) is 5.80. The van der Waals surface area contributed by atoms with E-state index in [1.165, 1.54) is 16.4 Å². The molecular formula is C7H6N2S. The summed E-state index contributed by atoms with van der Waals surface area (Å²) in [5.74, 6) is 0. The normalized spacial score (nSPS) is 10.5. The molecule has 2 nitrogen and oxygen atoms in total. The van der Waals surface area contributed by atoms with Gasteiger partial charge in [0.25, 0.3) is 0 Å². The van der Waals surface area contributed by atoms with Crippen molar-refractivity contribution in [3.05, 3.63) is 23.2 Å². The molecule has 3 heteroatoms. The summed E-state index contributed by atoms with van der Waals surface area (Å²) in [5, 5.41) is 0. The minimum absolute atomic E-state index is 1.00. The number of pyridine rings is 1. The maximum atomic E-state index is 4.20. The highest BCUT2D eigenvalue weighted by molar-refractivity contribution is 7.07. The van der Waals surface area contributed by atoms with Gasteiger partial charge in [0.15, 0.2) is 0 Å². The molecule has 0 amide bonds. The van der Waals surface area contributed by atoms with Gasteiger partial charge in [0.2, 0.25) is 0 Å². The summed E-state index contributed by atoms with van der Waals surface area (Å²) in [6.07, 6.45) is 1.80. The highest BCUT2D eigenvalue weighted by Gasteiger charge is 1.99. The van der Waals surface area contributed by atoms with Crippen LogP contribution in [0.2, 0.25) is 0 Å². The van der Waals surface area contributed by atoms with Crippen LogP contribution in [0.15, 0.2) is 18.3 Å². The molecule has 0 spiro atoms. The standard InChI is InChI=1S/C7H6N2S/c1-5-7-6(9-10-5)3-2-4-8-7/h2-4H,1H3. The third-order valence-corrected chi connectivity index (χ3v) is 2.16. The maximum Gasteiger partial charge on any atom is 0.104 e. The molecule has 0 saturated heterocycles. The number of hydrogen-bond acceptors (Lipinski definition) is 3. The maximum absolute atomic E-state index is 4.20. The fourth-order valence-corrected chi connectivity index (χ4v) is 1.53. The molecule has 0 aromatic carbocycles. The number of rotatable bonds is 0. The highest BCUT2D eigenvalue weighted by atomic mass is 32.1. The first-order chi connectivity index (χ1) is 4.88. The molecule has 0 radical (unpaired) electrons. The van der Waals surface area contributed by atoms with Gasteiger partial charge in [-0.25, -0.2) is 0 Å². The Hall–Kier alpha value is -0.960. The Morgan fingerprint density at radius 3 is 3.20 bits per heavy atom. The van der Waals surface area contributed by atoms with E-state index in [1.807, 2.05) is 19.1 Å². The van der Waals surface area contributed by atoms with Crippen LogP contribution >= 0.6 is 11.5 Å². The van der Waals surface area contributed by atoms with Crippen LogP contribution < -0.4 is 0 Å². The monoisotopic (exact) mass is 150 g/mol. The second-order valence-corrected chi connectivity index (χ2v) is 3.09. The predicted molar refractivity (Wildman–Crippen MR) is 42.2 cm³/mol. The van der Waals surface area contributed by atoms with Gasteiger partial charge in [-0.1, -0.05) is 0 Å². The number of hydrogen-bond donors (Lipinski definition) is 0. The summed E-state index contributed by atoms with van der Waals surface area (Å²) in [4.78, 5) is 5.38. The molecule has 0 saturated carbocycles. The van der Waals surface area contributed by atoms with Crippen LogP contribution in [0.1, 0.15) is 4.88 Å². The average molecular weight is 150 g/mol. The molecule has 2 heterocycles. The first-order valence-electron chi connectivity index (χ1n) is 3.05. The molecule has 0 aliphatic heterocycles. The van der Waals surface area contributed by atoms with E-state index in [4.69, 9.17) is 0 Å². The van der Waals surface area contributed by atoms with E-state index in [1.54, 1.807) is 6.20 Å². The molecule has 0 aliphatic carbocycles. The minimum atomic E-state index is 1.00. The Labute approximate surface area is 62.7 Å². The topological polar surface area (TPSA) is 25.8 Å². The van der Waals surface area contributed by atoms with Crippen molar-refractivity contribution in [2.45, 2.75) is 6.92 Å². The highest BCUT2D eigenvalue weighted by Crippen LogP contribution is 2.17. The lowest BCUT2D eigenvalue weighted by Crippen LogP contribution is -1.72. The van der Waals surface area contributed by atoms with Gasteiger partial charge >= 0.3 is 0 Å². The summed E-state index contributed by atoms with van der Waals surface area (Å²) >= 11 is 1.51. The average Bonchev–Trinajstić information content (AvgIpc) is 2.34. The van der Waals surface area contributed by atoms with E-state index >= 15 is 0 Å². The van der Waals surface area contributed by atoms with E-state index in [-0.39, 0.29) is 0 Å². The van der Waals surface area contributed by atoms with Crippen LogP contribution in [-0.4, -0.2) is 9.36 Å². The van der Waals surface area contributed by atoms with E-state index in [0.717, 1.165) is 11.0 Å². The van der Waals surface area contributed by atoms with Crippen molar-refractivity contribution in [1.29, 1.82) is 0 Å². The van der Waals surface area contributed by atoms with Gasteiger partial charge in [-0.05, 0) is 30.6 Å². The van der Waals surface area contributed by atoms with Crippen LogP contribution in [0.5, 0.6) is 0 Å². The quantitative estimate of drug-likeness (QED) is 0.574. The molecule has 2 aromatic rings. The van der Waals surface area contributed by atoms with Crippen LogP contribution in [-0.2, 0) is 0 Å². The van der Waals surface area contributed by atoms with E-state index in [2.05, 4.69) is 9.36 Å². The third-order valence-electron chi connectivity index (χ3n) is 1.40. The molecule has 2 aromatic heterocycles. The van der Waals surface area contributed by atoms with E-state index < -0.39 is 0 Å². The molecule has 0 fully saturated rings. The molecule has 50 valence electrons. The second kappa shape index (κ2) is 2.02. The molecule has 0 N–H and O–H groups in total. The summed E-state index contributed by atoms with van der Waals surface area (Å²) in [6.45, 7) is 2.03. The van der Waals surface area contributed by atoms with Gasteiger partial charge in [-0.3, -0.25) is 4.98 Å². The Kier molecular flexibility index (Phi) is 1.17. The Morgan fingerprint density at radius 1 is 1.50 bits per heavy atom. The summed E-state index contributed by atoms with van der Waals surface area (Å²) in [6, 6.07) is 3.88. The zero-order chi connectivity index (χ0) is 6.97. The fraction of sp³-hybridized carbons (Fsp3) is 0.143. The lowest BCUT2D eigenvalue weighted by molar-refractivity contribution is 1.39. The summed E-state index contributed by atoms with van der Waals surface area (Å²) in [7, 11) is 0. The van der Waals surface area contributed by atoms with Crippen molar-refractivity contribution >= 4 is 22.6 Å². The zero-order valence-corrected chi connectivity index (χ0v) is 6.35. The molecule has 2 rings (SSSR count). The van der Waals surface area contributed by atoms with Crippen LogP contribution in [0.3, 0.4) is 0 Å². The lowest BCUT2D eigenvalue weighted by atomic mass is 10.3. The molecule has 10 heavy (non-hydrogen) atoms. The molecule has 0 atom stereocenters. The second-order valence-electron chi connectivity index (χ2n) is 2.11. The molecule has 0 bridgehead atoms. The Bertz CT molecular complexity index is 353. The molecular weight excluding hydrogens is 144 g/mol. The summed E-state index contributed by atoms with van der Waals surface area (Å²) < 4.78 is 4.20. The number of fused-ring (bicyclic) bond motifs is 1. The van der Waals surface area contributed by atoms with Crippen molar-refractivity contribution in [1.82, 2.24) is 9.36 Å². The lowest BCUT2D eigenvalue weighted by Gasteiger charge is -1.83. The largest absolute Gasteiger partial charge is 0.253 e. The predicted octanol–water partition coefficient (Wildman–Crippen LogP) is 2.00. The minimum Gasteiger partial charge on any atom is -0.253 e. The molecule has 0 aliphatic rings. The van der Waals surface area contributed by atoms with Gasteiger partial charge in [-0.2, -0.15) is 4.37 Å². The number of aryl methyl sites for hydroxylation is 1. The van der Waals surface area contributed by atoms with Crippen LogP contribution in [0, 0.1) is 6.92 Å². The van der Waals surface area contributed by atoms with Crippen molar-refractivity contribution < 1.29 is 0 Å². The number of nitrogens with zero attached hydrogens (tertiary/aromatic N) is 2. The van der Waals surface area contributed by atoms with Gasteiger partial charge in [0.1, 0.15) is 11.0 Å². The van der Waals surface area contributed by atoms with Crippen molar-refractivity contribution in [3.63, 3.8) is 0 Å². The summed E-state index contributed by atoms with van der Waals surface area (Å²) in [5.41, 5.74) is 2.04. The third kappa shape index (κ3) is 0.708.